The first kappa shape index (κ1) is 24.5. The monoisotopic (exact) mass is 524 g/mol. The number of aromatic nitrogens is 2. The molecule has 4 rings (SSSR count). The number of hydrogen-bond acceptors (Lipinski definition) is 6. The SMILES string of the molecule is CC(C)Cn1c(=O)n(C)c(=O)c2c(Sc3cccs3)c(C(=O)c3ccccc3C(F)(F)F)sc21. The number of hydrogen-bond donors (Lipinski definition) is 0. The minimum atomic E-state index is -4.72. The van der Waals surface area contributed by atoms with E-state index in [1.807, 2.05) is 19.2 Å². The molecule has 11 heteroatoms. The average Bonchev–Trinajstić information content (AvgIpc) is 3.42. The summed E-state index contributed by atoms with van der Waals surface area (Å²) in [5, 5.41) is 1.99. The fourth-order valence-electron chi connectivity index (χ4n) is 3.55. The van der Waals surface area contributed by atoms with Crippen LogP contribution in [0.4, 0.5) is 13.2 Å². The standard InChI is InChI=1S/C23H19F3N2O3S3/c1-12(2)11-28-21-16(20(30)27(3)22(28)31)18(33-15-9-6-10-32-15)19(34-21)17(29)13-7-4-5-8-14(13)23(24,25)26/h4-10,12H,11H2,1-3H3. The number of nitrogens with zero attached hydrogens (tertiary/aromatic N) is 2. The lowest BCUT2D eigenvalue weighted by molar-refractivity contribution is -0.137. The molecule has 1 aromatic carbocycles. The lowest BCUT2D eigenvalue weighted by Gasteiger charge is -2.12. The summed E-state index contributed by atoms with van der Waals surface area (Å²) in [6.45, 7) is 4.10. The normalized spacial score (nSPS) is 12.1. The minimum absolute atomic E-state index is 0.00491. The van der Waals surface area contributed by atoms with Gasteiger partial charge in [0.1, 0.15) is 4.83 Å². The first-order chi connectivity index (χ1) is 16.0. The van der Waals surface area contributed by atoms with Gasteiger partial charge in [0.2, 0.25) is 5.78 Å². The third-order valence-electron chi connectivity index (χ3n) is 5.06. The second kappa shape index (κ2) is 9.20. The summed E-state index contributed by atoms with van der Waals surface area (Å²) in [5.41, 5.74) is -2.66. The maximum atomic E-state index is 13.7. The van der Waals surface area contributed by atoms with Gasteiger partial charge < -0.3 is 0 Å². The summed E-state index contributed by atoms with van der Waals surface area (Å²) < 4.78 is 44.2. The largest absolute Gasteiger partial charge is 0.417 e. The third kappa shape index (κ3) is 4.39. The van der Waals surface area contributed by atoms with Crippen molar-refractivity contribution >= 4 is 50.4 Å². The number of carbonyl (C=O) groups is 1. The highest BCUT2D eigenvalue weighted by atomic mass is 32.2. The predicted octanol–water partition coefficient (Wildman–Crippen LogP) is 5.88. The van der Waals surface area contributed by atoms with Crippen LogP contribution in [0.1, 0.15) is 34.6 Å². The van der Waals surface area contributed by atoms with Gasteiger partial charge in [-0.15, -0.1) is 22.7 Å². The minimum Gasteiger partial charge on any atom is -0.288 e. The molecule has 0 saturated heterocycles. The maximum Gasteiger partial charge on any atom is 0.417 e. The Morgan fingerprint density at radius 3 is 2.44 bits per heavy atom. The Morgan fingerprint density at radius 2 is 1.82 bits per heavy atom. The molecule has 0 aliphatic carbocycles. The van der Waals surface area contributed by atoms with Gasteiger partial charge in [0, 0.05) is 19.2 Å². The summed E-state index contributed by atoms with van der Waals surface area (Å²) in [7, 11) is 1.36. The Labute approximate surface area is 204 Å². The van der Waals surface area contributed by atoms with Crippen LogP contribution in [0.5, 0.6) is 0 Å². The molecule has 0 aliphatic rings. The van der Waals surface area contributed by atoms with Crippen molar-refractivity contribution in [3.8, 4) is 0 Å². The zero-order chi connectivity index (χ0) is 24.8. The highest BCUT2D eigenvalue weighted by molar-refractivity contribution is 8.01. The molecule has 0 saturated carbocycles. The van der Waals surface area contributed by atoms with E-state index in [0.717, 1.165) is 44.0 Å². The molecule has 0 unspecified atom stereocenters. The smallest absolute Gasteiger partial charge is 0.288 e. The third-order valence-corrected chi connectivity index (χ3v) is 8.55. The second-order valence-corrected chi connectivity index (χ2v) is 11.3. The van der Waals surface area contributed by atoms with Crippen molar-refractivity contribution in [2.45, 2.75) is 35.7 Å². The van der Waals surface area contributed by atoms with Crippen molar-refractivity contribution in [1.29, 1.82) is 0 Å². The van der Waals surface area contributed by atoms with Gasteiger partial charge >= 0.3 is 11.9 Å². The summed E-state index contributed by atoms with van der Waals surface area (Å²) in [6.07, 6.45) is -4.72. The van der Waals surface area contributed by atoms with Gasteiger partial charge in [-0.25, -0.2) is 4.79 Å². The van der Waals surface area contributed by atoms with Crippen molar-refractivity contribution in [2.24, 2.45) is 13.0 Å². The zero-order valence-corrected chi connectivity index (χ0v) is 20.8. The van der Waals surface area contributed by atoms with Gasteiger partial charge in [-0.2, -0.15) is 13.2 Å². The van der Waals surface area contributed by atoms with E-state index in [1.54, 1.807) is 12.1 Å². The molecule has 0 fully saturated rings. The molecule has 4 aromatic rings. The quantitative estimate of drug-likeness (QED) is 0.296. The Balaban J connectivity index is 2.06. The number of thiophene rings is 2. The van der Waals surface area contributed by atoms with E-state index in [2.05, 4.69) is 0 Å². The fourth-order valence-corrected chi connectivity index (χ4v) is 6.89. The van der Waals surface area contributed by atoms with Crippen molar-refractivity contribution in [3.05, 3.63) is 78.6 Å². The fraction of sp³-hybridized carbons (Fsp3) is 0.261. The van der Waals surface area contributed by atoms with E-state index >= 15 is 0 Å². The van der Waals surface area contributed by atoms with E-state index in [9.17, 15) is 27.6 Å². The number of carbonyl (C=O) groups excluding carboxylic acids is 1. The lowest BCUT2D eigenvalue weighted by Crippen LogP contribution is -2.38. The van der Waals surface area contributed by atoms with E-state index < -0.39 is 34.3 Å². The van der Waals surface area contributed by atoms with Gasteiger partial charge in [-0.05, 0) is 23.4 Å². The summed E-state index contributed by atoms with van der Waals surface area (Å²) >= 11 is 3.42. The lowest BCUT2D eigenvalue weighted by atomic mass is 10.0. The van der Waals surface area contributed by atoms with Crippen LogP contribution in [0.25, 0.3) is 10.2 Å². The van der Waals surface area contributed by atoms with Crippen LogP contribution in [0, 0.1) is 5.92 Å². The molecule has 0 radical (unpaired) electrons. The highest BCUT2D eigenvalue weighted by Crippen LogP contribution is 2.43. The van der Waals surface area contributed by atoms with Crippen LogP contribution in [0.15, 0.2) is 60.5 Å². The van der Waals surface area contributed by atoms with Crippen molar-refractivity contribution in [1.82, 2.24) is 9.13 Å². The van der Waals surface area contributed by atoms with E-state index in [0.29, 0.717) is 6.54 Å². The number of rotatable bonds is 6. The molecule has 0 aliphatic heterocycles. The van der Waals surface area contributed by atoms with Crippen LogP contribution in [-0.4, -0.2) is 14.9 Å². The molecule has 3 heterocycles. The average molecular weight is 525 g/mol. The van der Waals surface area contributed by atoms with Crippen LogP contribution in [0.2, 0.25) is 0 Å². The molecule has 0 N–H and O–H groups in total. The Morgan fingerprint density at radius 1 is 1.12 bits per heavy atom. The number of ketones is 1. The molecule has 0 atom stereocenters. The predicted molar refractivity (Wildman–Crippen MR) is 129 cm³/mol. The van der Waals surface area contributed by atoms with E-state index in [-0.39, 0.29) is 25.9 Å². The van der Waals surface area contributed by atoms with Gasteiger partial charge in [0.15, 0.2) is 0 Å². The molecule has 178 valence electrons. The van der Waals surface area contributed by atoms with Crippen LogP contribution in [0.3, 0.4) is 0 Å². The van der Waals surface area contributed by atoms with Gasteiger partial charge in [-0.3, -0.25) is 18.7 Å². The topological polar surface area (TPSA) is 61.1 Å². The molecule has 0 spiro atoms. The van der Waals surface area contributed by atoms with Crippen molar-refractivity contribution < 1.29 is 18.0 Å². The number of benzene rings is 1. The Bertz CT molecular complexity index is 1500. The van der Waals surface area contributed by atoms with Crippen molar-refractivity contribution in [2.75, 3.05) is 0 Å². The second-order valence-electron chi connectivity index (χ2n) is 8.00. The molecule has 3 aromatic heterocycles. The molecule has 0 bridgehead atoms. The maximum absolute atomic E-state index is 13.7. The van der Waals surface area contributed by atoms with E-state index in [1.165, 1.54) is 35.1 Å². The molecule has 5 nitrogen and oxygen atoms in total. The number of alkyl halides is 3. The van der Waals surface area contributed by atoms with E-state index in [4.69, 9.17) is 0 Å². The molecule has 34 heavy (non-hydrogen) atoms. The van der Waals surface area contributed by atoms with Crippen LogP contribution < -0.4 is 11.2 Å². The van der Waals surface area contributed by atoms with Crippen LogP contribution >= 0.6 is 34.4 Å². The van der Waals surface area contributed by atoms with Gasteiger partial charge in [0.25, 0.3) is 5.56 Å². The molecule has 0 amide bonds. The Kier molecular flexibility index (Phi) is 6.63. The molecular weight excluding hydrogens is 505 g/mol. The first-order valence-corrected chi connectivity index (χ1v) is 12.7. The number of fused-ring (bicyclic) bond motifs is 1. The first-order valence-electron chi connectivity index (χ1n) is 10.2. The van der Waals surface area contributed by atoms with Gasteiger partial charge in [0.05, 0.1) is 24.9 Å². The zero-order valence-electron chi connectivity index (χ0n) is 18.3. The highest BCUT2D eigenvalue weighted by Gasteiger charge is 2.36. The Hall–Kier alpha value is -2.63. The van der Waals surface area contributed by atoms with Crippen molar-refractivity contribution in [3.63, 3.8) is 0 Å². The summed E-state index contributed by atoms with van der Waals surface area (Å²) in [4.78, 5) is 40.2. The summed E-state index contributed by atoms with van der Waals surface area (Å²) in [5.74, 6) is -0.780. The number of halogens is 3. The van der Waals surface area contributed by atoms with Crippen LogP contribution in [-0.2, 0) is 19.8 Å². The van der Waals surface area contributed by atoms with Gasteiger partial charge in [-0.1, -0.05) is 49.9 Å². The summed E-state index contributed by atoms with van der Waals surface area (Å²) in [6, 6.07) is 8.19. The molecular formula is C23H19F3N2O3S3.